The molecule has 0 aromatic heterocycles. The molecule has 0 saturated heterocycles. The van der Waals surface area contributed by atoms with Crippen molar-refractivity contribution in [2.75, 3.05) is 0 Å². The standard InChI is InChI=1S/C6H9NO6.Na.H/c1-4(8)11-7(12-5(2)9)13-6(3)10;;/h1-3H3;;/q;+1;-1. The van der Waals surface area contributed by atoms with E-state index in [1.54, 1.807) is 0 Å². The van der Waals surface area contributed by atoms with Crippen molar-refractivity contribution in [2.24, 2.45) is 0 Å². The molecule has 0 atom stereocenters. The second-order valence-corrected chi connectivity index (χ2v) is 1.97. The third-order valence-electron chi connectivity index (χ3n) is 0.609. The Morgan fingerprint density at radius 1 is 0.857 bits per heavy atom. The fraction of sp³-hybridized carbons (Fsp3) is 0.500. The number of nitrogens with zero attached hydrogens (tertiary/aromatic N) is 1. The maximum atomic E-state index is 10.4. The number of carbonyl (C=O) groups excluding carboxylic acids is 3. The van der Waals surface area contributed by atoms with Crippen LogP contribution in [0.15, 0.2) is 0 Å². The van der Waals surface area contributed by atoms with Gasteiger partial charge in [-0.3, -0.25) is 14.4 Å². The Labute approximate surface area is 104 Å². The Kier molecular flexibility index (Phi) is 8.75. The summed E-state index contributed by atoms with van der Waals surface area (Å²) in [5, 5.41) is 0.0486. The van der Waals surface area contributed by atoms with Gasteiger partial charge in [-0.2, -0.15) is 0 Å². The molecule has 8 heteroatoms. The van der Waals surface area contributed by atoms with Gasteiger partial charge in [0.1, 0.15) is 0 Å². The van der Waals surface area contributed by atoms with E-state index in [-0.39, 0.29) is 36.4 Å². The first-order chi connectivity index (χ1) is 5.91. The molecule has 0 aliphatic heterocycles. The summed E-state index contributed by atoms with van der Waals surface area (Å²) < 4.78 is 0. The normalized spacial score (nSPS) is 8.57. The topological polar surface area (TPSA) is 82.1 Å². The van der Waals surface area contributed by atoms with Crippen LogP contribution in [0, 0.1) is 0 Å². The minimum absolute atomic E-state index is 0. The third kappa shape index (κ3) is 9.46. The summed E-state index contributed by atoms with van der Waals surface area (Å²) in [7, 11) is 0. The van der Waals surface area contributed by atoms with Gasteiger partial charge in [0.25, 0.3) is 0 Å². The van der Waals surface area contributed by atoms with Crippen molar-refractivity contribution in [2.45, 2.75) is 20.8 Å². The summed E-state index contributed by atoms with van der Waals surface area (Å²) in [6.07, 6.45) is 0. The van der Waals surface area contributed by atoms with Crippen molar-refractivity contribution in [3.63, 3.8) is 0 Å². The molecule has 7 nitrogen and oxygen atoms in total. The van der Waals surface area contributed by atoms with Crippen LogP contribution in [0.5, 0.6) is 0 Å². The van der Waals surface area contributed by atoms with E-state index in [0.29, 0.717) is 0 Å². The van der Waals surface area contributed by atoms with Crippen molar-refractivity contribution in [1.82, 2.24) is 5.39 Å². The number of carbonyl (C=O) groups is 3. The summed E-state index contributed by atoms with van der Waals surface area (Å²) in [6.45, 7) is 3.17. The summed E-state index contributed by atoms with van der Waals surface area (Å²) in [6, 6.07) is 0. The van der Waals surface area contributed by atoms with Gasteiger partial charge in [-0.1, -0.05) is 0 Å². The van der Waals surface area contributed by atoms with E-state index in [2.05, 4.69) is 14.5 Å². The fourth-order valence-electron chi connectivity index (χ4n) is 0.371. The quantitative estimate of drug-likeness (QED) is 0.363. The minimum atomic E-state index is -0.789. The predicted molar refractivity (Wildman–Crippen MR) is 38.2 cm³/mol. The van der Waals surface area contributed by atoms with E-state index < -0.39 is 17.9 Å². The molecule has 0 heterocycles. The second kappa shape index (κ2) is 7.74. The van der Waals surface area contributed by atoms with Crippen molar-refractivity contribution in [1.29, 1.82) is 0 Å². The monoisotopic (exact) mass is 215 g/mol. The van der Waals surface area contributed by atoms with Gasteiger partial charge in [-0.05, 0) is 0 Å². The molecule has 76 valence electrons. The summed E-state index contributed by atoms with van der Waals surface area (Å²) in [5.74, 6) is -2.37. The van der Waals surface area contributed by atoms with Gasteiger partial charge in [-0.15, -0.1) is 0 Å². The minimum Gasteiger partial charge on any atom is -1.00 e. The van der Waals surface area contributed by atoms with Crippen LogP contribution < -0.4 is 29.6 Å². The van der Waals surface area contributed by atoms with Gasteiger partial charge in [0, 0.05) is 20.8 Å². The molecule has 0 aliphatic rings. The Balaban J connectivity index is -0.000000720. The van der Waals surface area contributed by atoms with E-state index in [0.717, 1.165) is 20.8 Å². The molecule has 0 N–H and O–H groups in total. The number of hydrogen-bond donors (Lipinski definition) is 0. The zero-order chi connectivity index (χ0) is 10.4. The van der Waals surface area contributed by atoms with Crippen molar-refractivity contribution in [3.05, 3.63) is 0 Å². The van der Waals surface area contributed by atoms with E-state index in [1.807, 2.05) is 0 Å². The average molecular weight is 215 g/mol. The zero-order valence-corrected chi connectivity index (χ0v) is 10.4. The predicted octanol–water partition coefficient (Wildman–Crippen LogP) is -3.16. The Hall–Kier alpha value is -0.630. The van der Waals surface area contributed by atoms with Crippen LogP contribution in [0.2, 0.25) is 0 Å². The molecule has 0 saturated carbocycles. The summed E-state index contributed by atoms with van der Waals surface area (Å²) in [5.41, 5.74) is 0. The molecule has 0 aliphatic carbocycles. The molecule has 0 aromatic rings. The van der Waals surface area contributed by atoms with Gasteiger partial charge in [-0.25, -0.2) is 0 Å². The smallest absolute Gasteiger partial charge is 1.00 e. The van der Waals surface area contributed by atoms with Crippen molar-refractivity contribution in [3.8, 4) is 0 Å². The molecule has 0 fully saturated rings. The number of rotatable bonds is 3. The maximum absolute atomic E-state index is 10.4. The van der Waals surface area contributed by atoms with Gasteiger partial charge < -0.3 is 15.9 Å². The van der Waals surface area contributed by atoms with Gasteiger partial charge in [0.2, 0.25) is 5.39 Å². The molecule has 0 rings (SSSR count). The molecule has 0 aromatic carbocycles. The molecule has 0 radical (unpaired) electrons. The summed E-state index contributed by atoms with van der Waals surface area (Å²) in [4.78, 5) is 43.7. The average Bonchev–Trinajstić information content (AvgIpc) is 1.80. The number of hydrogen-bond acceptors (Lipinski definition) is 7. The third-order valence-corrected chi connectivity index (χ3v) is 0.609. The van der Waals surface area contributed by atoms with Crippen LogP contribution in [0.4, 0.5) is 0 Å². The van der Waals surface area contributed by atoms with Crippen molar-refractivity contribution >= 4 is 17.9 Å². The summed E-state index contributed by atoms with van der Waals surface area (Å²) >= 11 is 0. The van der Waals surface area contributed by atoms with Crippen LogP contribution in [-0.4, -0.2) is 23.3 Å². The van der Waals surface area contributed by atoms with E-state index >= 15 is 0 Å². The van der Waals surface area contributed by atoms with Gasteiger partial charge >= 0.3 is 47.5 Å². The first-order valence-corrected chi connectivity index (χ1v) is 3.27. The van der Waals surface area contributed by atoms with Gasteiger partial charge in [0.05, 0.1) is 0 Å². The largest absolute Gasteiger partial charge is 1.00 e. The van der Waals surface area contributed by atoms with E-state index in [9.17, 15) is 14.4 Å². The Morgan fingerprint density at radius 3 is 1.21 bits per heavy atom. The Morgan fingerprint density at radius 2 is 1.07 bits per heavy atom. The van der Waals surface area contributed by atoms with E-state index in [4.69, 9.17) is 0 Å². The van der Waals surface area contributed by atoms with Crippen LogP contribution in [-0.2, 0) is 28.9 Å². The van der Waals surface area contributed by atoms with Crippen molar-refractivity contribution < 1.29 is 59.9 Å². The van der Waals surface area contributed by atoms with Crippen LogP contribution >= 0.6 is 0 Å². The zero-order valence-electron chi connectivity index (χ0n) is 9.40. The first kappa shape index (κ1) is 15.8. The second-order valence-electron chi connectivity index (χ2n) is 1.97. The molecular formula is C6H10NNaO6. The van der Waals surface area contributed by atoms with Gasteiger partial charge in [0.15, 0.2) is 0 Å². The molecule has 14 heavy (non-hydrogen) atoms. The van der Waals surface area contributed by atoms with E-state index in [1.165, 1.54) is 0 Å². The fourth-order valence-corrected chi connectivity index (χ4v) is 0.371. The molecular weight excluding hydrogens is 205 g/mol. The SMILES string of the molecule is CC(=O)ON(OC(C)=O)OC(C)=O.[H-].[Na+]. The van der Waals surface area contributed by atoms with Crippen LogP contribution in [0.25, 0.3) is 0 Å². The molecule has 0 bridgehead atoms. The Bertz CT molecular complexity index is 198. The van der Waals surface area contributed by atoms with Crippen LogP contribution in [0.1, 0.15) is 22.2 Å². The molecule has 0 amide bonds. The molecule has 0 unspecified atom stereocenters. The molecule has 0 spiro atoms. The van der Waals surface area contributed by atoms with Crippen LogP contribution in [0.3, 0.4) is 0 Å². The maximum Gasteiger partial charge on any atom is 1.00 e. The first-order valence-electron chi connectivity index (χ1n) is 3.27.